The molecule has 0 spiro atoms. The van der Waals surface area contributed by atoms with Crippen molar-refractivity contribution in [2.24, 2.45) is 5.73 Å². The van der Waals surface area contributed by atoms with E-state index in [0.717, 1.165) is 18.6 Å². The van der Waals surface area contributed by atoms with Crippen molar-refractivity contribution in [3.63, 3.8) is 0 Å². The molecule has 3 nitrogen and oxygen atoms in total. The van der Waals surface area contributed by atoms with Gasteiger partial charge in [-0.05, 0) is 25.5 Å². The van der Waals surface area contributed by atoms with Crippen molar-refractivity contribution in [3.05, 3.63) is 42.1 Å². The van der Waals surface area contributed by atoms with Gasteiger partial charge in [0.1, 0.15) is 0 Å². The van der Waals surface area contributed by atoms with Crippen LogP contribution >= 0.6 is 11.8 Å². The molecule has 0 bridgehead atoms. The van der Waals surface area contributed by atoms with E-state index in [-0.39, 0.29) is 6.04 Å². The molecule has 0 radical (unpaired) electrons. The molecule has 1 aromatic heterocycles. The standard InChI is InChI=1S/C17H23N3S/c1-17(2)12-20(9-10-21-17)15(11-18)14-7-3-5-13-6-4-8-19-16(13)14/h3-8,15H,9-12,18H2,1-2H3. The summed E-state index contributed by atoms with van der Waals surface area (Å²) in [6, 6.07) is 10.8. The number of rotatable bonds is 3. The van der Waals surface area contributed by atoms with Crippen LogP contribution in [-0.4, -0.2) is 40.0 Å². The van der Waals surface area contributed by atoms with Crippen LogP contribution in [0.3, 0.4) is 0 Å². The maximum atomic E-state index is 6.14. The van der Waals surface area contributed by atoms with Crippen molar-refractivity contribution in [1.82, 2.24) is 9.88 Å². The van der Waals surface area contributed by atoms with Gasteiger partial charge in [-0.2, -0.15) is 11.8 Å². The van der Waals surface area contributed by atoms with Gasteiger partial charge < -0.3 is 5.73 Å². The van der Waals surface area contributed by atoms with Crippen LogP contribution in [0.2, 0.25) is 0 Å². The number of aromatic nitrogens is 1. The molecule has 1 saturated heterocycles. The molecular formula is C17H23N3S. The molecule has 1 atom stereocenters. The summed E-state index contributed by atoms with van der Waals surface area (Å²) in [7, 11) is 0. The highest BCUT2D eigenvalue weighted by atomic mass is 32.2. The van der Waals surface area contributed by atoms with Crippen LogP contribution in [0.1, 0.15) is 25.5 Å². The highest BCUT2D eigenvalue weighted by Crippen LogP contribution is 2.35. The number of para-hydroxylation sites is 1. The highest BCUT2D eigenvalue weighted by Gasteiger charge is 2.31. The zero-order valence-electron chi connectivity index (χ0n) is 12.7. The lowest BCUT2D eigenvalue weighted by molar-refractivity contribution is 0.193. The van der Waals surface area contributed by atoms with Crippen LogP contribution in [0, 0.1) is 0 Å². The van der Waals surface area contributed by atoms with Gasteiger partial charge in [0.15, 0.2) is 0 Å². The molecule has 4 heteroatoms. The molecule has 112 valence electrons. The monoisotopic (exact) mass is 301 g/mol. The molecule has 1 aliphatic rings. The number of benzene rings is 1. The van der Waals surface area contributed by atoms with Gasteiger partial charge >= 0.3 is 0 Å². The molecule has 0 amide bonds. The minimum absolute atomic E-state index is 0.253. The van der Waals surface area contributed by atoms with Gasteiger partial charge in [-0.1, -0.05) is 24.3 Å². The summed E-state index contributed by atoms with van der Waals surface area (Å²) < 4.78 is 0.295. The Morgan fingerprint density at radius 1 is 1.33 bits per heavy atom. The van der Waals surface area contributed by atoms with Crippen molar-refractivity contribution in [1.29, 1.82) is 0 Å². The maximum absolute atomic E-state index is 6.14. The van der Waals surface area contributed by atoms with E-state index in [0.29, 0.717) is 11.3 Å². The Morgan fingerprint density at radius 2 is 2.14 bits per heavy atom. The van der Waals surface area contributed by atoms with E-state index in [9.17, 15) is 0 Å². The number of fused-ring (bicyclic) bond motifs is 1. The topological polar surface area (TPSA) is 42.1 Å². The fourth-order valence-electron chi connectivity index (χ4n) is 3.19. The average Bonchev–Trinajstić information content (AvgIpc) is 2.47. The molecule has 1 aromatic carbocycles. The van der Waals surface area contributed by atoms with E-state index in [4.69, 9.17) is 5.73 Å². The predicted octanol–water partition coefficient (Wildman–Crippen LogP) is 3.06. The first-order valence-corrected chi connectivity index (χ1v) is 8.51. The normalized spacial score (nSPS) is 20.5. The third-order valence-electron chi connectivity index (χ3n) is 4.14. The number of pyridine rings is 1. The molecular weight excluding hydrogens is 278 g/mol. The SMILES string of the molecule is CC1(C)CN(C(CN)c2cccc3cccnc23)CCS1. The Kier molecular flexibility index (Phi) is 4.20. The van der Waals surface area contributed by atoms with E-state index in [1.807, 2.05) is 12.3 Å². The van der Waals surface area contributed by atoms with Gasteiger partial charge in [-0.15, -0.1) is 0 Å². The van der Waals surface area contributed by atoms with Gasteiger partial charge in [0.05, 0.1) is 5.52 Å². The fourth-order valence-corrected chi connectivity index (χ4v) is 4.32. The van der Waals surface area contributed by atoms with Gasteiger partial charge in [0, 0.05) is 47.8 Å². The zero-order valence-corrected chi connectivity index (χ0v) is 13.6. The fraction of sp³-hybridized carbons (Fsp3) is 0.471. The number of hydrogen-bond acceptors (Lipinski definition) is 4. The molecule has 2 aromatic rings. The molecule has 0 saturated carbocycles. The molecule has 21 heavy (non-hydrogen) atoms. The Hall–Kier alpha value is -1.10. The van der Waals surface area contributed by atoms with Gasteiger partial charge in [-0.25, -0.2) is 0 Å². The Labute approximate surface area is 130 Å². The molecule has 3 rings (SSSR count). The molecule has 2 heterocycles. The van der Waals surface area contributed by atoms with E-state index in [2.05, 4.69) is 59.8 Å². The first-order chi connectivity index (χ1) is 10.1. The summed E-state index contributed by atoms with van der Waals surface area (Å²) in [5.41, 5.74) is 8.49. The second kappa shape index (κ2) is 5.95. The van der Waals surface area contributed by atoms with Crippen LogP contribution in [0.4, 0.5) is 0 Å². The average molecular weight is 301 g/mol. The number of hydrogen-bond donors (Lipinski definition) is 1. The van der Waals surface area contributed by atoms with Gasteiger partial charge in [0.25, 0.3) is 0 Å². The lowest BCUT2D eigenvalue weighted by Gasteiger charge is -2.41. The van der Waals surface area contributed by atoms with Crippen molar-refractivity contribution in [3.8, 4) is 0 Å². The van der Waals surface area contributed by atoms with Gasteiger partial charge in [0.2, 0.25) is 0 Å². The van der Waals surface area contributed by atoms with Crippen molar-refractivity contribution in [2.75, 3.05) is 25.4 Å². The number of nitrogens with two attached hydrogens (primary N) is 1. The number of thioether (sulfide) groups is 1. The molecule has 1 unspecified atom stereocenters. The lowest BCUT2D eigenvalue weighted by Crippen LogP contribution is -2.46. The van der Waals surface area contributed by atoms with E-state index < -0.39 is 0 Å². The smallest absolute Gasteiger partial charge is 0.0750 e. The molecule has 0 aliphatic carbocycles. The molecule has 1 fully saturated rings. The summed E-state index contributed by atoms with van der Waals surface area (Å²) >= 11 is 2.05. The van der Waals surface area contributed by atoms with Crippen LogP contribution in [0.5, 0.6) is 0 Å². The van der Waals surface area contributed by atoms with Crippen LogP contribution in [0.25, 0.3) is 10.9 Å². The van der Waals surface area contributed by atoms with Crippen molar-refractivity contribution >= 4 is 22.7 Å². The summed E-state index contributed by atoms with van der Waals surface area (Å²) in [5.74, 6) is 1.17. The Morgan fingerprint density at radius 3 is 2.90 bits per heavy atom. The van der Waals surface area contributed by atoms with Gasteiger partial charge in [-0.3, -0.25) is 9.88 Å². The summed E-state index contributed by atoms with van der Waals surface area (Å²) in [6.45, 7) is 7.44. The Bertz CT molecular complexity index is 621. The van der Waals surface area contributed by atoms with E-state index >= 15 is 0 Å². The van der Waals surface area contributed by atoms with Crippen molar-refractivity contribution < 1.29 is 0 Å². The largest absolute Gasteiger partial charge is 0.329 e. The quantitative estimate of drug-likeness (QED) is 0.946. The van der Waals surface area contributed by atoms with Crippen LogP contribution < -0.4 is 5.73 Å². The predicted molar refractivity (Wildman–Crippen MR) is 91.6 cm³/mol. The second-order valence-corrected chi connectivity index (χ2v) is 8.05. The lowest BCUT2D eigenvalue weighted by atomic mass is 10.00. The van der Waals surface area contributed by atoms with Crippen LogP contribution in [-0.2, 0) is 0 Å². The maximum Gasteiger partial charge on any atom is 0.0750 e. The molecule has 1 aliphatic heterocycles. The first kappa shape index (κ1) is 14.8. The summed E-state index contributed by atoms with van der Waals surface area (Å²) in [4.78, 5) is 7.12. The van der Waals surface area contributed by atoms with E-state index in [1.54, 1.807) is 0 Å². The second-order valence-electron chi connectivity index (χ2n) is 6.25. The number of nitrogens with zero attached hydrogens (tertiary/aromatic N) is 2. The Balaban J connectivity index is 1.98. The van der Waals surface area contributed by atoms with E-state index in [1.165, 1.54) is 16.7 Å². The summed E-state index contributed by atoms with van der Waals surface area (Å²) in [6.07, 6.45) is 1.87. The first-order valence-electron chi connectivity index (χ1n) is 7.52. The van der Waals surface area contributed by atoms with Crippen LogP contribution in [0.15, 0.2) is 36.5 Å². The minimum Gasteiger partial charge on any atom is -0.329 e. The van der Waals surface area contributed by atoms with Crippen molar-refractivity contribution in [2.45, 2.75) is 24.6 Å². The minimum atomic E-state index is 0.253. The third kappa shape index (κ3) is 3.07. The zero-order chi connectivity index (χ0) is 14.9. The highest BCUT2D eigenvalue weighted by molar-refractivity contribution is 8.00. The summed E-state index contributed by atoms with van der Waals surface area (Å²) in [5, 5.41) is 1.19. The third-order valence-corrected chi connectivity index (χ3v) is 5.44. The molecule has 2 N–H and O–H groups in total.